The molecule has 1 aliphatic carbocycles. The monoisotopic (exact) mass is 605 g/mol. The van der Waals surface area contributed by atoms with Gasteiger partial charge in [0.2, 0.25) is 5.91 Å². The Balaban J connectivity index is 0.00000188. The lowest BCUT2D eigenvalue weighted by molar-refractivity contribution is -0.130. The van der Waals surface area contributed by atoms with Crippen molar-refractivity contribution in [1.82, 2.24) is 29.8 Å². The summed E-state index contributed by atoms with van der Waals surface area (Å²) >= 11 is 0. The molecule has 10 heteroatoms. The van der Waals surface area contributed by atoms with Crippen LogP contribution >= 0.6 is 0 Å². The molecule has 3 aliphatic rings. The molecule has 3 aromatic rings. The molecular formula is C34H51N7O3. The van der Waals surface area contributed by atoms with Crippen LogP contribution in [0.1, 0.15) is 91.1 Å². The Labute approximate surface area is 262 Å². The maximum Gasteiger partial charge on any atom is 0.410 e. The van der Waals surface area contributed by atoms with Crippen LogP contribution in [0.3, 0.4) is 0 Å². The Morgan fingerprint density at radius 3 is 2.25 bits per heavy atom. The molecule has 0 unspecified atom stereocenters. The number of nitrogens with one attached hydrogen (secondary N) is 1. The van der Waals surface area contributed by atoms with Gasteiger partial charge in [-0.2, -0.15) is 10.2 Å². The van der Waals surface area contributed by atoms with Crippen molar-refractivity contribution >= 4 is 28.7 Å². The van der Waals surface area contributed by atoms with Crippen molar-refractivity contribution in [3.05, 3.63) is 29.1 Å². The van der Waals surface area contributed by atoms with E-state index in [4.69, 9.17) is 9.84 Å². The summed E-state index contributed by atoms with van der Waals surface area (Å²) in [7, 11) is 0. The van der Waals surface area contributed by atoms with Crippen LogP contribution in [0.4, 0.5) is 10.6 Å². The largest absolute Gasteiger partial charge is 0.444 e. The summed E-state index contributed by atoms with van der Waals surface area (Å²) in [5.41, 5.74) is 6.29. The Morgan fingerprint density at radius 1 is 1.00 bits per heavy atom. The molecule has 4 heterocycles. The minimum Gasteiger partial charge on any atom is -0.444 e. The Morgan fingerprint density at radius 2 is 1.66 bits per heavy atom. The Hall–Kier alpha value is -3.56. The highest BCUT2D eigenvalue weighted by Gasteiger charge is 2.55. The molecule has 2 saturated heterocycles. The van der Waals surface area contributed by atoms with Gasteiger partial charge in [-0.1, -0.05) is 13.8 Å². The topological polar surface area (TPSA) is 99.6 Å². The number of nitrogens with zero attached hydrogens (tertiary/aromatic N) is 6. The van der Waals surface area contributed by atoms with E-state index >= 15 is 0 Å². The summed E-state index contributed by atoms with van der Waals surface area (Å²) < 4.78 is 7.84. The summed E-state index contributed by atoms with van der Waals surface area (Å²) in [6, 6.07) is 2.43. The van der Waals surface area contributed by atoms with Gasteiger partial charge in [0, 0.05) is 67.3 Å². The number of carbonyl (C=O) groups excluding carboxylic acids is 2. The number of aromatic nitrogens is 4. The number of H-pyrrole nitrogens is 1. The third-order valence-corrected chi connectivity index (χ3v) is 9.64. The first-order valence-corrected chi connectivity index (χ1v) is 16.1. The summed E-state index contributed by atoms with van der Waals surface area (Å²) in [5.74, 6) is 1.09. The predicted octanol–water partition coefficient (Wildman–Crippen LogP) is 6.40. The SMILES string of the molecule is CC.CC(=O)N1CCN(c2nn(C3CC4(C3)CN(C(=O)OC(C)(C)C)C4)c(C)c2-c2c(C)c(C)cc3[nH]ncc23)C(C)(C)C1. The van der Waals surface area contributed by atoms with Gasteiger partial charge in [-0.05, 0) is 85.4 Å². The molecule has 6 rings (SSSR count). The molecule has 2 aromatic heterocycles. The standard InChI is InChI=1S/C32H45N7O3.C2H6/c1-19-12-25-24(15-33-34-25)26(20(19)2)27-21(3)39(35-28(27)38-11-10-36(22(4)40)16-31(38,8)9)23-13-32(14-23)17-37(18-32)29(41)42-30(5,6)7;1-2/h12,15,23H,10-11,13-14,16-18H2,1-9H3,(H,33,34);1-2H3. The van der Waals surface area contributed by atoms with Gasteiger partial charge in [-0.25, -0.2) is 4.79 Å². The smallest absolute Gasteiger partial charge is 0.410 e. The zero-order valence-corrected chi connectivity index (χ0v) is 28.6. The van der Waals surface area contributed by atoms with Crippen LogP contribution in [0.25, 0.3) is 22.0 Å². The van der Waals surface area contributed by atoms with Crippen molar-refractivity contribution in [3.8, 4) is 11.1 Å². The first-order valence-electron chi connectivity index (χ1n) is 16.1. The zero-order chi connectivity index (χ0) is 32.4. The predicted molar refractivity (Wildman–Crippen MR) is 175 cm³/mol. The molecule has 1 spiro atoms. The normalized spacial score (nSPS) is 19.4. The average molecular weight is 606 g/mol. The van der Waals surface area contributed by atoms with E-state index < -0.39 is 5.60 Å². The zero-order valence-electron chi connectivity index (χ0n) is 28.6. The Kier molecular flexibility index (Phi) is 8.04. The summed E-state index contributed by atoms with van der Waals surface area (Å²) in [6.45, 7) is 25.8. The summed E-state index contributed by atoms with van der Waals surface area (Å²) in [5, 5.41) is 14.1. The van der Waals surface area contributed by atoms with Crippen LogP contribution in [0.2, 0.25) is 0 Å². The molecule has 240 valence electrons. The fourth-order valence-electron chi connectivity index (χ4n) is 7.40. The molecule has 44 heavy (non-hydrogen) atoms. The molecular weight excluding hydrogens is 554 g/mol. The van der Waals surface area contributed by atoms with Crippen molar-refractivity contribution in [2.75, 3.05) is 37.6 Å². The van der Waals surface area contributed by atoms with Crippen LogP contribution in [0, 0.1) is 26.2 Å². The first-order chi connectivity index (χ1) is 20.6. The number of benzene rings is 1. The second-order valence-corrected chi connectivity index (χ2v) is 14.6. The van der Waals surface area contributed by atoms with E-state index in [0.29, 0.717) is 13.1 Å². The first kappa shape index (κ1) is 31.9. The lowest BCUT2D eigenvalue weighted by Crippen LogP contribution is -2.64. The molecule has 3 fully saturated rings. The average Bonchev–Trinajstić information content (AvgIpc) is 3.47. The van der Waals surface area contributed by atoms with Gasteiger partial charge in [0.05, 0.1) is 23.3 Å². The van der Waals surface area contributed by atoms with Crippen LogP contribution in [0.5, 0.6) is 0 Å². The fourth-order valence-corrected chi connectivity index (χ4v) is 7.40. The van der Waals surface area contributed by atoms with E-state index in [0.717, 1.165) is 60.5 Å². The van der Waals surface area contributed by atoms with Crippen LogP contribution < -0.4 is 4.90 Å². The molecule has 1 saturated carbocycles. The molecule has 0 atom stereocenters. The number of amides is 2. The van der Waals surface area contributed by atoms with Gasteiger partial charge in [-0.3, -0.25) is 14.6 Å². The number of aryl methyl sites for hydroxylation is 1. The van der Waals surface area contributed by atoms with E-state index in [1.54, 1.807) is 6.92 Å². The molecule has 0 radical (unpaired) electrons. The van der Waals surface area contributed by atoms with Gasteiger partial charge in [0.25, 0.3) is 0 Å². The number of hydrogen-bond donors (Lipinski definition) is 1. The van der Waals surface area contributed by atoms with Crippen molar-refractivity contribution in [3.63, 3.8) is 0 Å². The maximum absolute atomic E-state index is 12.6. The van der Waals surface area contributed by atoms with Gasteiger partial charge < -0.3 is 19.4 Å². The van der Waals surface area contributed by atoms with E-state index in [9.17, 15) is 9.59 Å². The Bertz CT molecular complexity index is 1560. The summed E-state index contributed by atoms with van der Waals surface area (Å²) in [6.07, 6.45) is 3.68. The highest BCUT2D eigenvalue weighted by molar-refractivity contribution is 6.00. The van der Waals surface area contributed by atoms with Crippen molar-refractivity contribution < 1.29 is 14.3 Å². The van der Waals surface area contributed by atoms with Gasteiger partial charge >= 0.3 is 6.09 Å². The number of likely N-dealkylation sites (tertiary alicyclic amines) is 1. The molecule has 2 amide bonds. The van der Waals surface area contributed by atoms with Crippen LogP contribution in [-0.2, 0) is 9.53 Å². The maximum atomic E-state index is 12.6. The molecule has 0 bridgehead atoms. The second kappa shape index (κ2) is 11.1. The molecule has 2 aliphatic heterocycles. The molecule has 10 nitrogen and oxygen atoms in total. The number of anilines is 1. The van der Waals surface area contributed by atoms with E-state index in [1.165, 1.54) is 16.7 Å². The minimum atomic E-state index is -0.487. The number of rotatable bonds is 3. The number of piperazine rings is 1. The molecule has 1 aromatic carbocycles. The highest BCUT2D eigenvalue weighted by atomic mass is 16.6. The van der Waals surface area contributed by atoms with E-state index in [-0.39, 0.29) is 29.0 Å². The molecule has 1 N–H and O–H groups in total. The van der Waals surface area contributed by atoms with E-state index in [1.807, 2.05) is 50.6 Å². The van der Waals surface area contributed by atoms with Gasteiger partial charge in [-0.15, -0.1) is 0 Å². The highest BCUT2D eigenvalue weighted by Crippen LogP contribution is 2.55. The van der Waals surface area contributed by atoms with Crippen molar-refractivity contribution in [2.24, 2.45) is 5.41 Å². The number of fused-ring (bicyclic) bond motifs is 1. The van der Waals surface area contributed by atoms with Gasteiger partial charge in [0.1, 0.15) is 5.60 Å². The third-order valence-electron chi connectivity index (χ3n) is 9.64. The quantitative estimate of drug-likeness (QED) is 0.371. The van der Waals surface area contributed by atoms with Crippen molar-refractivity contribution in [2.45, 2.75) is 106 Å². The van der Waals surface area contributed by atoms with E-state index in [2.05, 4.69) is 60.5 Å². The van der Waals surface area contributed by atoms with Crippen LogP contribution in [-0.4, -0.2) is 85.6 Å². The number of aromatic amines is 1. The minimum absolute atomic E-state index is 0.111. The number of ether oxygens (including phenoxy) is 1. The summed E-state index contributed by atoms with van der Waals surface area (Å²) in [4.78, 5) is 31.0. The van der Waals surface area contributed by atoms with Crippen molar-refractivity contribution in [1.29, 1.82) is 0 Å². The number of carbonyl (C=O) groups is 2. The van der Waals surface area contributed by atoms with Crippen LogP contribution in [0.15, 0.2) is 12.3 Å². The fraction of sp³-hybridized carbons (Fsp3) is 0.647. The number of hydrogen-bond acceptors (Lipinski definition) is 6. The second-order valence-electron chi connectivity index (χ2n) is 14.6. The lowest BCUT2D eigenvalue weighted by atomic mass is 9.61. The van der Waals surface area contributed by atoms with Gasteiger partial charge in [0.15, 0.2) is 5.82 Å². The lowest BCUT2D eigenvalue weighted by Gasteiger charge is -2.58. The third kappa shape index (κ3) is 5.45.